The van der Waals surface area contributed by atoms with Crippen molar-refractivity contribution in [3.8, 4) is 11.5 Å². The van der Waals surface area contributed by atoms with Gasteiger partial charge in [-0.15, -0.1) is 0 Å². The molecule has 28 heavy (non-hydrogen) atoms. The molecule has 0 unspecified atom stereocenters. The number of carbonyl (C=O) groups excluding carboxylic acids is 2. The van der Waals surface area contributed by atoms with Crippen LogP contribution in [0, 0.1) is 0 Å². The topological polar surface area (TPSA) is 67.4 Å². The largest absolute Gasteiger partial charge is 0.457 e. The van der Waals surface area contributed by atoms with E-state index in [1.54, 1.807) is 30.3 Å². The van der Waals surface area contributed by atoms with Gasteiger partial charge in [0.15, 0.2) is 0 Å². The lowest BCUT2D eigenvalue weighted by Crippen LogP contribution is -2.28. The van der Waals surface area contributed by atoms with Gasteiger partial charge in [0, 0.05) is 12.6 Å². The fourth-order valence-electron chi connectivity index (χ4n) is 2.49. The van der Waals surface area contributed by atoms with Crippen molar-refractivity contribution in [1.29, 1.82) is 0 Å². The van der Waals surface area contributed by atoms with Gasteiger partial charge in [0.05, 0.1) is 0 Å². The fraction of sp³-hybridized carbons (Fsp3) is 0.0435. The number of amides is 2. The summed E-state index contributed by atoms with van der Waals surface area (Å²) in [4.78, 5) is 24.1. The Morgan fingerprint density at radius 3 is 1.96 bits per heavy atom. The number of para-hydroxylation sites is 1. The zero-order valence-electron chi connectivity index (χ0n) is 15.4. The highest BCUT2D eigenvalue weighted by atomic mass is 16.5. The first-order valence-corrected chi connectivity index (χ1v) is 8.79. The van der Waals surface area contributed by atoms with Crippen LogP contribution < -0.4 is 15.4 Å². The standard InChI is InChI=1S/C23H20N2O3/c1-17(26)24-22(16-18-8-4-2-5-9-18)23(27)25-19-12-14-21(15-13-19)28-20-10-6-3-7-11-20/h2-16H,1H3,(H,24,26)(H,25,27). The quantitative estimate of drug-likeness (QED) is 0.622. The van der Waals surface area contributed by atoms with E-state index in [-0.39, 0.29) is 11.6 Å². The van der Waals surface area contributed by atoms with Gasteiger partial charge < -0.3 is 15.4 Å². The minimum Gasteiger partial charge on any atom is -0.457 e. The Kier molecular flexibility index (Phi) is 6.21. The van der Waals surface area contributed by atoms with Crippen LogP contribution in [-0.2, 0) is 9.59 Å². The Hall–Kier alpha value is -3.86. The van der Waals surface area contributed by atoms with Crippen LogP contribution in [-0.4, -0.2) is 11.8 Å². The Morgan fingerprint density at radius 1 is 0.786 bits per heavy atom. The molecule has 0 spiro atoms. The van der Waals surface area contributed by atoms with Gasteiger partial charge >= 0.3 is 0 Å². The molecular weight excluding hydrogens is 352 g/mol. The van der Waals surface area contributed by atoms with E-state index in [0.29, 0.717) is 11.4 Å². The molecule has 2 N–H and O–H groups in total. The highest BCUT2D eigenvalue weighted by Gasteiger charge is 2.12. The van der Waals surface area contributed by atoms with Crippen molar-refractivity contribution in [2.24, 2.45) is 0 Å². The summed E-state index contributed by atoms with van der Waals surface area (Å²) in [5.74, 6) is 0.670. The van der Waals surface area contributed by atoms with Crippen LogP contribution in [0.1, 0.15) is 12.5 Å². The maximum atomic E-state index is 12.6. The molecule has 0 fully saturated rings. The number of benzene rings is 3. The lowest BCUT2D eigenvalue weighted by Gasteiger charge is -2.11. The molecule has 0 heterocycles. The zero-order valence-corrected chi connectivity index (χ0v) is 15.4. The maximum Gasteiger partial charge on any atom is 0.272 e. The van der Waals surface area contributed by atoms with Gasteiger partial charge in [0.2, 0.25) is 5.91 Å². The van der Waals surface area contributed by atoms with E-state index in [1.165, 1.54) is 6.92 Å². The van der Waals surface area contributed by atoms with Crippen LogP contribution in [0.3, 0.4) is 0 Å². The molecule has 0 aliphatic carbocycles. The second-order valence-electron chi connectivity index (χ2n) is 6.04. The van der Waals surface area contributed by atoms with Gasteiger partial charge in [0.1, 0.15) is 17.2 Å². The molecule has 0 radical (unpaired) electrons. The van der Waals surface area contributed by atoms with Gasteiger partial charge in [-0.05, 0) is 48.0 Å². The first-order chi connectivity index (χ1) is 13.6. The summed E-state index contributed by atoms with van der Waals surface area (Å²) in [6.07, 6.45) is 1.63. The summed E-state index contributed by atoms with van der Waals surface area (Å²) in [6, 6.07) is 25.8. The van der Waals surface area contributed by atoms with E-state index in [0.717, 1.165) is 11.3 Å². The van der Waals surface area contributed by atoms with E-state index >= 15 is 0 Å². The van der Waals surface area contributed by atoms with Crippen molar-refractivity contribution >= 4 is 23.6 Å². The van der Waals surface area contributed by atoms with Crippen LogP contribution in [0.15, 0.2) is 90.6 Å². The molecule has 5 heteroatoms. The number of nitrogens with one attached hydrogen (secondary N) is 2. The van der Waals surface area contributed by atoms with Gasteiger partial charge in [-0.1, -0.05) is 48.5 Å². The number of carbonyl (C=O) groups is 2. The van der Waals surface area contributed by atoms with Gasteiger partial charge in [-0.3, -0.25) is 9.59 Å². The average Bonchev–Trinajstić information content (AvgIpc) is 2.70. The van der Waals surface area contributed by atoms with E-state index in [4.69, 9.17) is 4.74 Å². The summed E-state index contributed by atoms with van der Waals surface area (Å²) in [6.45, 7) is 1.36. The number of hydrogen-bond acceptors (Lipinski definition) is 3. The molecule has 3 aromatic carbocycles. The third-order valence-corrected chi connectivity index (χ3v) is 3.76. The van der Waals surface area contributed by atoms with Crippen LogP contribution in [0.5, 0.6) is 11.5 Å². The van der Waals surface area contributed by atoms with E-state index < -0.39 is 5.91 Å². The number of hydrogen-bond donors (Lipinski definition) is 2. The summed E-state index contributed by atoms with van der Waals surface area (Å²) >= 11 is 0. The molecule has 0 aliphatic rings. The van der Waals surface area contributed by atoms with Gasteiger partial charge in [-0.2, -0.15) is 0 Å². The van der Waals surface area contributed by atoms with E-state index in [1.807, 2.05) is 60.7 Å². The zero-order chi connectivity index (χ0) is 19.8. The fourth-order valence-corrected chi connectivity index (χ4v) is 2.49. The third kappa shape index (κ3) is 5.57. The molecule has 3 aromatic rings. The molecule has 0 bridgehead atoms. The van der Waals surface area contributed by atoms with Crippen LogP contribution >= 0.6 is 0 Å². The maximum absolute atomic E-state index is 12.6. The molecule has 0 aromatic heterocycles. The lowest BCUT2D eigenvalue weighted by molar-refractivity contribution is -0.120. The highest BCUT2D eigenvalue weighted by Crippen LogP contribution is 2.22. The lowest BCUT2D eigenvalue weighted by atomic mass is 10.2. The number of ether oxygens (including phenoxy) is 1. The van der Waals surface area contributed by atoms with Gasteiger partial charge in [0.25, 0.3) is 5.91 Å². The molecule has 2 amide bonds. The van der Waals surface area contributed by atoms with Crippen LogP contribution in [0.25, 0.3) is 6.08 Å². The van der Waals surface area contributed by atoms with Gasteiger partial charge in [-0.25, -0.2) is 0 Å². The molecule has 0 atom stereocenters. The Labute approximate surface area is 163 Å². The predicted molar refractivity (Wildman–Crippen MR) is 110 cm³/mol. The second kappa shape index (κ2) is 9.19. The molecule has 0 saturated carbocycles. The van der Waals surface area contributed by atoms with Crippen molar-refractivity contribution < 1.29 is 14.3 Å². The summed E-state index contributed by atoms with van der Waals surface area (Å²) in [7, 11) is 0. The molecule has 3 rings (SSSR count). The smallest absolute Gasteiger partial charge is 0.272 e. The molecular formula is C23H20N2O3. The minimum absolute atomic E-state index is 0.170. The third-order valence-electron chi connectivity index (χ3n) is 3.76. The summed E-state index contributed by atoms with van der Waals surface area (Å²) in [5, 5.41) is 5.36. The van der Waals surface area contributed by atoms with Crippen LogP contribution in [0.2, 0.25) is 0 Å². The summed E-state index contributed by atoms with van der Waals surface area (Å²) < 4.78 is 5.74. The van der Waals surface area contributed by atoms with E-state index in [9.17, 15) is 9.59 Å². The number of rotatable bonds is 6. The number of anilines is 1. The Bertz CT molecular complexity index is 966. The SMILES string of the molecule is CC(=O)NC(=Cc1ccccc1)C(=O)Nc1ccc(Oc2ccccc2)cc1. The van der Waals surface area contributed by atoms with Crippen LogP contribution in [0.4, 0.5) is 5.69 Å². The molecule has 5 nitrogen and oxygen atoms in total. The monoisotopic (exact) mass is 372 g/mol. The normalized spacial score (nSPS) is 10.8. The van der Waals surface area contributed by atoms with Crippen molar-refractivity contribution in [2.45, 2.75) is 6.92 Å². The van der Waals surface area contributed by atoms with Crippen molar-refractivity contribution in [1.82, 2.24) is 5.32 Å². The predicted octanol–water partition coefficient (Wildman–Crippen LogP) is 4.59. The molecule has 0 saturated heterocycles. The summed E-state index contributed by atoms with van der Waals surface area (Å²) in [5.41, 5.74) is 1.58. The first-order valence-electron chi connectivity index (χ1n) is 8.79. The minimum atomic E-state index is -0.407. The first kappa shape index (κ1) is 18.9. The average molecular weight is 372 g/mol. The van der Waals surface area contributed by atoms with E-state index in [2.05, 4.69) is 10.6 Å². The second-order valence-corrected chi connectivity index (χ2v) is 6.04. The van der Waals surface area contributed by atoms with Crippen molar-refractivity contribution in [3.63, 3.8) is 0 Å². The highest BCUT2D eigenvalue weighted by molar-refractivity contribution is 6.08. The molecule has 0 aliphatic heterocycles. The van der Waals surface area contributed by atoms with Crippen molar-refractivity contribution in [2.75, 3.05) is 5.32 Å². The Morgan fingerprint density at radius 2 is 1.36 bits per heavy atom. The van der Waals surface area contributed by atoms with Crippen molar-refractivity contribution in [3.05, 3.63) is 96.2 Å². The Balaban J connectivity index is 1.70. The molecule has 140 valence electrons.